The van der Waals surface area contributed by atoms with E-state index in [0.717, 1.165) is 38.8 Å². The minimum atomic E-state index is -0.355. The molecule has 2 heterocycles. The summed E-state index contributed by atoms with van der Waals surface area (Å²) >= 11 is 0. The lowest BCUT2D eigenvalue weighted by molar-refractivity contribution is -0.0450. The van der Waals surface area contributed by atoms with E-state index in [2.05, 4.69) is 28.9 Å². The second-order valence-corrected chi connectivity index (χ2v) is 6.40. The van der Waals surface area contributed by atoms with Crippen molar-refractivity contribution in [3.8, 4) is 0 Å². The molecule has 1 aromatic rings. The van der Waals surface area contributed by atoms with Gasteiger partial charge in [-0.3, -0.25) is 4.90 Å². The lowest BCUT2D eigenvalue weighted by Gasteiger charge is -2.34. The van der Waals surface area contributed by atoms with E-state index in [-0.39, 0.29) is 18.1 Å². The fraction of sp³-hybridized carbons (Fsp3) is 0.867. The van der Waals surface area contributed by atoms with Crippen LogP contribution in [0.2, 0.25) is 0 Å². The fourth-order valence-electron chi connectivity index (χ4n) is 3.22. The lowest BCUT2D eigenvalue weighted by Crippen LogP contribution is -2.42. The fourth-order valence-corrected chi connectivity index (χ4v) is 3.22. The van der Waals surface area contributed by atoms with Crippen LogP contribution >= 0.6 is 0 Å². The Morgan fingerprint density at radius 2 is 2.10 bits per heavy atom. The molecule has 2 aliphatic rings. The Bertz CT molecular complexity index is 463. The van der Waals surface area contributed by atoms with Crippen molar-refractivity contribution in [1.82, 2.24) is 15.0 Å². The van der Waals surface area contributed by atoms with E-state index in [1.165, 1.54) is 0 Å². The van der Waals surface area contributed by atoms with E-state index in [0.29, 0.717) is 24.4 Å². The van der Waals surface area contributed by atoms with Gasteiger partial charge in [0, 0.05) is 19.1 Å². The largest absolute Gasteiger partial charge is 0.392 e. The molecule has 1 saturated heterocycles. The van der Waals surface area contributed by atoms with Crippen LogP contribution in [0, 0.1) is 0 Å². The third kappa shape index (κ3) is 3.27. The van der Waals surface area contributed by atoms with Gasteiger partial charge in [0.1, 0.15) is 6.10 Å². The molecule has 0 amide bonds. The van der Waals surface area contributed by atoms with Crippen molar-refractivity contribution in [2.24, 2.45) is 0 Å². The SMILES string of the molecule is CC(C)N1CCOC(c2noc(C3CCCCC3O)n2)C1. The maximum absolute atomic E-state index is 10.1. The second-order valence-electron chi connectivity index (χ2n) is 6.40. The highest BCUT2D eigenvalue weighted by atomic mass is 16.5. The first-order chi connectivity index (χ1) is 10.1. The Balaban J connectivity index is 1.69. The molecular weight excluding hydrogens is 270 g/mol. The van der Waals surface area contributed by atoms with Crippen molar-refractivity contribution in [2.45, 2.75) is 63.7 Å². The molecule has 2 fully saturated rings. The summed E-state index contributed by atoms with van der Waals surface area (Å²) in [6, 6.07) is 0.489. The van der Waals surface area contributed by atoms with Crippen LogP contribution in [0.4, 0.5) is 0 Å². The van der Waals surface area contributed by atoms with Crippen molar-refractivity contribution in [3.63, 3.8) is 0 Å². The second kappa shape index (κ2) is 6.42. The molecule has 0 radical (unpaired) electrons. The van der Waals surface area contributed by atoms with E-state index < -0.39 is 0 Å². The summed E-state index contributed by atoms with van der Waals surface area (Å²) in [5.74, 6) is 1.18. The summed E-state index contributed by atoms with van der Waals surface area (Å²) in [7, 11) is 0. The zero-order valence-electron chi connectivity index (χ0n) is 12.9. The van der Waals surface area contributed by atoms with Crippen LogP contribution < -0.4 is 0 Å². The van der Waals surface area contributed by atoms with Crippen molar-refractivity contribution in [1.29, 1.82) is 0 Å². The molecule has 1 aliphatic carbocycles. The molecule has 3 rings (SSSR count). The maximum Gasteiger partial charge on any atom is 0.232 e. The van der Waals surface area contributed by atoms with Crippen LogP contribution in [0.5, 0.6) is 0 Å². The van der Waals surface area contributed by atoms with Crippen molar-refractivity contribution in [2.75, 3.05) is 19.7 Å². The number of nitrogens with zero attached hydrogens (tertiary/aromatic N) is 3. The Morgan fingerprint density at radius 3 is 2.86 bits per heavy atom. The summed E-state index contributed by atoms with van der Waals surface area (Å²) in [5, 5.41) is 14.2. The zero-order chi connectivity index (χ0) is 14.8. The quantitative estimate of drug-likeness (QED) is 0.918. The van der Waals surface area contributed by atoms with E-state index in [4.69, 9.17) is 9.26 Å². The van der Waals surface area contributed by atoms with E-state index in [9.17, 15) is 5.11 Å². The van der Waals surface area contributed by atoms with E-state index >= 15 is 0 Å². The Morgan fingerprint density at radius 1 is 1.29 bits per heavy atom. The van der Waals surface area contributed by atoms with Crippen LogP contribution in [0.3, 0.4) is 0 Å². The summed E-state index contributed by atoms with van der Waals surface area (Å²) in [5.41, 5.74) is 0. The molecular formula is C15H25N3O3. The van der Waals surface area contributed by atoms with Gasteiger partial charge >= 0.3 is 0 Å². The van der Waals surface area contributed by atoms with Gasteiger partial charge in [-0.25, -0.2) is 0 Å². The molecule has 6 heteroatoms. The zero-order valence-corrected chi connectivity index (χ0v) is 12.9. The van der Waals surface area contributed by atoms with Gasteiger partial charge in [0.2, 0.25) is 11.7 Å². The molecule has 21 heavy (non-hydrogen) atoms. The number of aliphatic hydroxyl groups is 1. The highest BCUT2D eigenvalue weighted by Gasteiger charge is 2.32. The number of ether oxygens (including phenoxy) is 1. The monoisotopic (exact) mass is 295 g/mol. The average Bonchev–Trinajstić information content (AvgIpc) is 2.97. The summed E-state index contributed by atoms with van der Waals surface area (Å²) in [4.78, 5) is 6.87. The van der Waals surface area contributed by atoms with Crippen molar-refractivity contribution >= 4 is 0 Å². The number of aromatic nitrogens is 2. The van der Waals surface area contributed by atoms with Gasteiger partial charge in [0.25, 0.3) is 0 Å². The van der Waals surface area contributed by atoms with Crippen LogP contribution in [0.1, 0.15) is 63.3 Å². The molecule has 6 nitrogen and oxygen atoms in total. The Kier molecular flexibility index (Phi) is 4.57. The summed E-state index contributed by atoms with van der Waals surface area (Å²) in [6.45, 7) is 6.80. The number of hydrogen-bond donors (Lipinski definition) is 1. The van der Waals surface area contributed by atoms with Crippen molar-refractivity contribution < 1.29 is 14.4 Å². The third-order valence-corrected chi connectivity index (χ3v) is 4.62. The number of aliphatic hydroxyl groups excluding tert-OH is 1. The molecule has 3 unspecified atom stereocenters. The van der Waals surface area contributed by atoms with Gasteiger partial charge < -0.3 is 14.4 Å². The minimum absolute atomic E-state index is 0.00945. The maximum atomic E-state index is 10.1. The molecule has 3 atom stereocenters. The third-order valence-electron chi connectivity index (χ3n) is 4.62. The first-order valence-electron chi connectivity index (χ1n) is 8.02. The molecule has 118 valence electrons. The first-order valence-corrected chi connectivity index (χ1v) is 8.02. The van der Waals surface area contributed by atoms with Crippen LogP contribution in [0.25, 0.3) is 0 Å². The van der Waals surface area contributed by atoms with Gasteiger partial charge in [-0.2, -0.15) is 4.98 Å². The smallest absolute Gasteiger partial charge is 0.232 e. The first kappa shape index (κ1) is 14.9. The lowest BCUT2D eigenvalue weighted by atomic mass is 9.86. The van der Waals surface area contributed by atoms with Gasteiger partial charge in [0.15, 0.2) is 0 Å². The highest BCUT2D eigenvalue weighted by Crippen LogP contribution is 2.33. The molecule has 0 spiro atoms. The average molecular weight is 295 g/mol. The summed E-state index contributed by atoms with van der Waals surface area (Å²) in [6.07, 6.45) is 3.45. The number of rotatable bonds is 3. The molecule has 1 saturated carbocycles. The number of morpholine rings is 1. The molecule has 1 aromatic heterocycles. The van der Waals surface area contributed by atoms with Gasteiger partial charge in [0.05, 0.1) is 18.6 Å². The molecule has 0 aromatic carbocycles. The number of hydrogen-bond acceptors (Lipinski definition) is 6. The van der Waals surface area contributed by atoms with Gasteiger partial charge in [-0.15, -0.1) is 0 Å². The predicted octanol–water partition coefficient (Wildman–Crippen LogP) is 1.87. The van der Waals surface area contributed by atoms with Crippen LogP contribution in [-0.4, -0.2) is 52.0 Å². The van der Waals surface area contributed by atoms with E-state index in [1.807, 2.05) is 0 Å². The van der Waals surface area contributed by atoms with Crippen LogP contribution in [-0.2, 0) is 4.74 Å². The molecule has 0 bridgehead atoms. The highest BCUT2D eigenvalue weighted by molar-refractivity contribution is 5.01. The van der Waals surface area contributed by atoms with Gasteiger partial charge in [-0.1, -0.05) is 18.0 Å². The standard InChI is InChI=1S/C15H25N3O3/c1-10(2)18-7-8-20-13(9-18)14-16-15(21-17-14)11-5-3-4-6-12(11)19/h10-13,19H,3-9H2,1-2H3. The van der Waals surface area contributed by atoms with Crippen molar-refractivity contribution in [3.05, 3.63) is 11.7 Å². The predicted molar refractivity (Wildman–Crippen MR) is 76.9 cm³/mol. The Hall–Kier alpha value is -0.980. The van der Waals surface area contributed by atoms with Crippen LogP contribution in [0.15, 0.2) is 4.52 Å². The van der Waals surface area contributed by atoms with E-state index in [1.54, 1.807) is 0 Å². The normalized spacial score (nSPS) is 31.7. The van der Waals surface area contributed by atoms with Gasteiger partial charge in [-0.05, 0) is 26.7 Å². The molecule has 1 aliphatic heterocycles. The topological polar surface area (TPSA) is 71.6 Å². The Labute approximate surface area is 125 Å². The summed E-state index contributed by atoms with van der Waals surface area (Å²) < 4.78 is 11.2. The molecule has 1 N–H and O–H groups in total. The minimum Gasteiger partial charge on any atom is -0.392 e.